The average Bonchev–Trinajstić information content (AvgIpc) is 2.96. The van der Waals surface area contributed by atoms with Gasteiger partial charge in [0.2, 0.25) is 0 Å². The fourth-order valence-electron chi connectivity index (χ4n) is 2.73. The molecule has 2 aromatic rings. The van der Waals surface area contributed by atoms with Gasteiger partial charge < -0.3 is 14.8 Å². The Hall–Kier alpha value is -2.88. The first-order valence-corrected chi connectivity index (χ1v) is 9.71. The van der Waals surface area contributed by atoms with Crippen molar-refractivity contribution in [3.8, 4) is 11.5 Å². The Kier molecular flexibility index (Phi) is 6.53. The molecular weight excluding hydrogens is 490 g/mol. The van der Waals surface area contributed by atoms with Crippen LogP contribution in [0.5, 0.6) is 11.5 Å². The van der Waals surface area contributed by atoms with Gasteiger partial charge in [-0.15, -0.1) is 6.58 Å². The standard InChI is InChI=1S/C21H18FIN2O4/c1-3-8-25-20(26)17(24-21(25)27)10-14-9-16(23)19(18(11-14)28-2)29-12-13-4-6-15(22)7-5-13/h3-7,9-11H,1,8,12H2,2H3,(H,24,27)/b17-10+. The summed E-state index contributed by atoms with van der Waals surface area (Å²) in [7, 11) is 1.52. The Morgan fingerprint density at radius 1 is 1.24 bits per heavy atom. The zero-order valence-electron chi connectivity index (χ0n) is 15.6. The molecule has 3 amide bonds. The van der Waals surface area contributed by atoms with E-state index in [0.29, 0.717) is 17.1 Å². The first-order valence-electron chi connectivity index (χ1n) is 8.63. The number of nitrogens with zero attached hydrogens (tertiary/aromatic N) is 1. The topological polar surface area (TPSA) is 67.9 Å². The molecule has 3 rings (SSSR count). The molecule has 0 bridgehead atoms. The first kappa shape index (κ1) is 20.8. The smallest absolute Gasteiger partial charge is 0.329 e. The number of ether oxygens (including phenoxy) is 2. The van der Waals surface area contributed by atoms with Crippen LogP contribution in [0.3, 0.4) is 0 Å². The Labute approximate surface area is 181 Å². The minimum atomic E-state index is -0.484. The summed E-state index contributed by atoms with van der Waals surface area (Å²) in [5.74, 6) is 0.291. The molecule has 0 aliphatic carbocycles. The summed E-state index contributed by atoms with van der Waals surface area (Å²) in [5, 5.41) is 2.56. The number of halogens is 2. The summed E-state index contributed by atoms with van der Waals surface area (Å²) in [5.41, 5.74) is 1.66. The molecule has 0 radical (unpaired) electrons. The molecule has 6 nitrogen and oxygen atoms in total. The quantitative estimate of drug-likeness (QED) is 0.265. The van der Waals surface area contributed by atoms with E-state index in [1.165, 1.54) is 25.3 Å². The second kappa shape index (κ2) is 9.08. The Bertz CT molecular complexity index is 989. The van der Waals surface area contributed by atoms with E-state index < -0.39 is 11.9 Å². The first-order chi connectivity index (χ1) is 13.9. The Morgan fingerprint density at radius 2 is 1.97 bits per heavy atom. The zero-order valence-corrected chi connectivity index (χ0v) is 17.7. The maximum Gasteiger partial charge on any atom is 0.329 e. The molecule has 150 valence electrons. The number of carbonyl (C=O) groups is 2. The lowest BCUT2D eigenvalue weighted by atomic mass is 10.1. The van der Waals surface area contributed by atoms with Crippen molar-refractivity contribution in [2.75, 3.05) is 13.7 Å². The van der Waals surface area contributed by atoms with E-state index in [9.17, 15) is 14.0 Å². The third kappa shape index (κ3) is 4.76. The molecule has 0 aromatic heterocycles. The third-order valence-electron chi connectivity index (χ3n) is 4.13. The van der Waals surface area contributed by atoms with Crippen LogP contribution in [0, 0.1) is 9.39 Å². The van der Waals surface area contributed by atoms with Crippen LogP contribution in [0.15, 0.2) is 54.8 Å². The number of carbonyl (C=O) groups excluding carboxylic acids is 2. The number of imide groups is 1. The second-order valence-corrected chi connectivity index (χ2v) is 7.30. The van der Waals surface area contributed by atoms with E-state index in [1.54, 1.807) is 24.3 Å². The fraction of sp³-hybridized carbons (Fsp3) is 0.143. The molecule has 0 unspecified atom stereocenters. The minimum absolute atomic E-state index is 0.138. The van der Waals surface area contributed by atoms with Gasteiger partial charge in [0.05, 0.1) is 10.7 Å². The maximum absolute atomic E-state index is 13.0. The number of benzene rings is 2. The molecular formula is C21H18FIN2O4. The summed E-state index contributed by atoms with van der Waals surface area (Å²) in [6.07, 6.45) is 3.07. The van der Waals surface area contributed by atoms with Crippen LogP contribution in [0.1, 0.15) is 11.1 Å². The maximum atomic E-state index is 13.0. The zero-order chi connectivity index (χ0) is 21.0. The average molecular weight is 508 g/mol. The summed E-state index contributed by atoms with van der Waals surface area (Å²) in [6, 6.07) is 9.09. The van der Waals surface area contributed by atoms with Crippen LogP contribution >= 0.6 is 22.6 Å². The van der Waals surface area contributed by atoms with Gasteiger partial charge in [0.15, 0.2) is 11.5 Å². The van der Waals surface area contributed by atoms with Crippen molar-refractivity contribution in [1.82, 2.24) is 10.2 Å². The highest BCUT2D eigenvalue weighted by molar-refractivity contribution is 14.1. The SMILES string of the molecule is C=CCN1C(=O)N/C(=C/c2cc(I)c(OCc3ccc(F)cc3)c(OC)c2)C1=O. The Balaban J connectivity index is 1.83. The van der Waals surface area contributed by atoms with E-state index in [0.717, 1.165) is 14.0 Å². The van der Waals surface area contributed by atoms with Crippen LogP contribution in [0.25, 0.3) is 6.08 Å². The second-order valence-electron chi connectivity index (χ2n) is 6.14. The van der Waals surface area contributed by atoms with Gasteiger partial charge in [-0.3, -0.25) is 9.69 Å². The number of methoxy groups -OCH3 is 1. The molecule has 1 aliphatic rings. The van der Waals surface area contributed by atoms with Gasteiger partial charge in [0.25, 0.3) is 5.91 Å². The van der Waals surface area contributed by atoms with Gasteiger partial charge in [-0.25, -0.2) is 9.18 Å². The van der Waals surface area contributed by atoms with Crippen LogP contribution < -0.4 is 14.8 Å². The molecule has 29 heavy (non-hydrogen) atoms. The van der Waals surface area contributed by atoms with Crippen molar-refractivity contribution in [3.63, 3.8) is 0 Å². The monoisotopic (exact) mass is 508 g/mol. The van der Waals surface area contributed by atoms with Gasteiger partial charge >= 0.3 is 6.03 Å². The molecule has 1 aliphatic heterocycles. The van der Waals surface area contributed by atoms with Crippen LogP contribution in [-0.4, -0.2) is 30.5 Å². The third-order valence-corrected chi connectivity index (χ3v) is 4.93. The molecule has 1 fully saturated rings. The minimum Gasteiger partial charge on any atom is -0.493 e. The van der Waals surface area contributed by atoms with Crippen molar-refractivity contribution >= 4 is 40.6 Å². The lowest BCUT2D eigenvalue weighted by Crippen LogP contribution is -2.30. The van der Waals surface area contributed by atoms with Crippen molar-refractivity contribution in [3.05, 3.63) is 75.3 Å². The number of amides is 3. The molecule has 0 saturated carbocycles. The van der Waals surface area contributed by atoms with Gasteiger partial charge in [-0.1, -0.05) is 18.2 Å². The fourth-order valence-corrected chi connectivity index (χ4v) is 3.51. The van der Waals surface area contributed by atoms with E-state index in [2.05, 4.69) is 34.5 Å². The summed E-state index contributed by atoms with van der Waals surface area (Å²) in [6.45, 7) is 3.93. The van der Waals surface area contributed by atoms with Crippen LogP contribution in [0.4, 0.5) is 9.18 Å². The summed E-state index contributed by atoms with van der Waals surface area (Å²) in [4.78, 5) is 25.3. The molecule has 0 atom stereocenters. The predicted molar refractivity (Wildman–Crippen MR) is 115 cm³/mol. The Morgan fingerprint density at radius 3 is 2.62 bits per heavy atom. The highest BCUT2D eigenvalue weighted by Crippen LogP contribution is 2.35. The van der Waals surface area contributed by atoms with Crippen LogP contribution in [-0.2, 0) is 11.4 Å². The number of urea groups is 1. The van der Waals surface area contributed by atoms with Gasteiger partial charge in [-0.2, -0.15) is 0 Å². The van der Waals surface area contributed by atoms with Gasteiger partial charge in [0, 0.05) is 6.54 Å². The summed E-state index contributed by atoms with van der Waals surface area (Å²) < 4.78 is 25.1. The van der Waals surface area contributed by atoms with E-state index in [-0.39, 0.29) is 24.7 Å². The van der Waals surface area contributed by atoms with Crippen molar-refractivity contribution in [2.45, 2.75) is 6.61 Å². The van der Waals surface area contributed by atoms with Crippen molar-refractivity contribution in [2.24, 2.45) is 0 Å². The molecule has 8 heteroatoms. The molecule has 1 saturated heterocycles. The van der Waals surface area contributed by atoms with Gasteiger partial charge in [0.1, 0.15) is 18.1 Å². The van der Waals surface area contributed by atoms with E-state index >= 15 is 0 Å². The predicted octanol–water partition coefficient (Wildman–Crippen LogP) is 4.10. The van der Waals surface area contributed by atoms with Crippen molar-refractivity contribution < 1.29 is 23.5 Å². The van der Waals surface area contributed by atoms with Gasteiger partial charge in [-0.05, 0) is 64.1 Å². The molecule has 1 N–H and O–H groups in total. The lowest BCUT2D eigenvalue weighted by Gasteiger charge is -2.14. The number of hydrogen-bond donors (Lipinski definition) is 1. The van der Waals surface area contributed by atoms with Crippen molar-refractivity contribution in [1.29, 1.82) is 0 Å². The number of hydrogen-bond acceptors (Lipinski definition) is 4. The largest absolute Gasteiger partial charge is 0.493 e. The molecule has 1 heterocycles. The van der Waals surface area contributed by atoms with E-state index in [1.807, 2.05) is 6.07 Å². The molecule has 0 spiro atoms. The number of nitrogens with one attached hydrogen (secondary N) is 1. The van der Waals surface area contributed by atoms with Crippen LogP contribution in [0.2, 0.25) is 0 Å². The highest BCUT2D eigenvalue weighted by atomic mass is 127. The highest BCUT2D eigenvalue weighted by Gasteiger charge is 2.32. The van der Waals surface area contributed by atoms with E-state index in [4.69, 9.17) is 9.47 Å². The number of rotatable bonds is 7. The normalized spacial score (nSPS) is 14.9. The lowest BCUT2D eigenvalue weighted by molar-refractivity contribution is -0.122. The summed E-state index contributed by atoms with van der Waals surface area (Å²) >= 11 is 2.11. The molecule has 2 aromatic carbocycles.